The van der Waals surface area contributed by atoms with Crippen LogP contribution in [0.1, 0.15) is 32.6 Å². The summed E-state index contributed by atoms with van der Waals surface area (Å²) in [7, 11) is 3.36. The average molecular weight is 347 g/mol. The molecule has 2 unspecified atom stereocenters. The van der Waals surface area contributed by atoms with Gasteiger partial charge >= 0.3 is 0 Å². The minimum atomic E-state index is -0.158. The van der Waals surface area contributed by atoms with Crippen LogP contribution in [0.2, 0.25) is 0 Å². The molecule has 1 aromatic rings. The second kappa shape index (κ2) is 9.42. The van der Waals surface area contributed by atoms with Crippen molar-refractivity contribution >= 4 is 17.5 Å². The first-order valence-electron chi connectivity index (χ1n) is 8.89. The van der Waals surface area contributed by atoms with E-state index in [0.717, 1.165) is 6.42 Å². The molecule has 1 fully saturated rings. The lowest BCUT2D eigenvalue weighted by Crippen LogP contribution is -2.46. The summed E-state index contributed by atoms with van der Waals surface area (Å²) in [5.41, 5.74) is 0.679. The lowest BCUT2D eigenvalue weighted by Gasteiger charge is -2.30. The Morgan fingerprint density at radius 3 is 2.64 bits per heavy atom. The number of methoxy groups -OCH3 is 1. The molecule has 2 amide bonds. The number of carbonyl (C=O) groups is 2. The lowest BCUT2D eigenvalue weighted by molar-refractivity contribution is -0.124. The molecule has 6 heteroatoms. The van der Waals surface area contributed by atoms with Gasteiger partial charge in [-0.25, -0.2) is 0 Å². The van der Waals surface area contributed by atoms with Gasteiger partial charge in [0.1, 0.15) is 5.75 Å². The zero-order valence-electron chi connectivity index (χ0n) is 15.4. The van der Waals surface area contributed by atoms with Gasteiger partial charge in [-0.05, 0) is 37.9 Å². The zero-order valence-corrected chi connectivity index (χ0v) is 15.4. The first-order chi connectivity index (χ1) is 12.0. The second-order valence-corrected chi connectivity index (χ2v) is 6.89. The molecular formula is C19H29N3O3. The van der Waals surface area contributed by atoms with Crippen LogP contribution in [-0.2, 0) is 9.59 Å². The number of carbonyl (C=O) groups excluding carboxylic acids is 2. The number of benzene rings is 1. The highest BCUT2D eigenvalue weighted by atomic mass is 16.5. The molecule has 2 rings (SSSR count). The third-order valence-electron chi connectivity index (χ3n) is 4.64. The first-order valence-corrected chi connectivity index (χ1v) is 8.89. The van der Waals surface area contributed by atoms with Gasteiger partial charge in [-0.15, -0.1) is 0 Å². The fraction of sp³-hybridized carbons (Fsp3) is 0.579. The Bertz CT molecular complexity index is 591. The summed E-state index contributed by atoms with van der Waals surface area (Å²) in [4.78, 5) is 26.0. The molecular weight excluding hydrogens is 318 g/mol. The molecule has 0 aliphatic heterocycles. The standard InChI is InChI=1S/C19H29N3O3/c1-14-7-4-5-10-17(14)21-19(24)13-22(2)12-18(23)20-15-8-6-9-16(11-15)25-3/h6,8-9,11,14,17H,4-5,7,10,12-13H2,1-3H3,(H,20,23)(H,21,24). The molecule has 6 nitrogen and oxygen atoms in total. The van der Waals surface area contributed by atoms with Crippen molar-refractivity contribution in [1.82, 2.24) is 10.2 Å². The van der Waals surface area contributed by atoms with Crippen molar-refractivity contribution in [3.05, 3.63) is 24.3 Å². The SMILES string of the molecule is COc1cccc(NC(=O)CN(C)CC(=O)NC2CCCCC2C)c1. The fourth-order valence-electron chi connectivity index (χ4n) is 3.23. The molecule has 1 aliphatic carbocycles. The molecule has 0 aromatic heterocycles. The highest BCUT2D eigenvalue weighted by molar-refractivity contribution is 5.92. The van der Waals surface area contributed by atoms with Gasteiger partial charge in [0.05, 0.1) is 20.2 Å². The Kier molecular flexibility index (Phi) is 7.25. The number of likely N-dealkylation sites (N-methyl/N-ethyl adjacent to an activating group) is 1. The molecule has 0 spiro atoms. The Balaban J connectivity index is 1.75. The Morgan fingerprint density at radius 1 is 1.20 bits per heavy atom. The van der Waals surface area contributed by atoms with Crippen molar-refractivity contribution in [3.63, 3.8) is 0 Å². The van der Waals surface area contributed by atoms with Crippen molar-refractivity contribution < 1.29 is 14.3 Å². The predicted octanol–water partition coefficient (Wildman–Crippen LogP) is 2.26. The van der Waals surface area contributed by atoms with Crippen molar-refractivity contribution in [2.75, 3.05) is 32.6 Å². The topological polar surface area (TPSA) is 70.7 Å². The van der Waals surface area contributed by atoms with E-state index >= 15 is 0 Å². The number of hydrogen-bond donors (Lipinski definition) is 2. The average Bonchev–Trinajstić information content (AvgIpc) is 2.56. The number of amides is 2. The number of rotatable bonds is 7. The van der Waals surface area contributed by atoms with Crippen LogP contribution in [0.5, 0.6) is 5.75 Å². The van der Waals surface area contributed by atoms with Crippen molar-refractivity contribution in [3.8, 4) is 5.75 Å². The van der Waals surface area contributed by atoms with Gasteiger partial charge in [0.2, 0.25) is 11.8 Å². The van der Waals surface area contributed by atoms with E-state index in [9.17, 15) is 9.59 Å². The normalized spacial score (nSPS) is 20.2. The van der Waals surface area contributed by atoms with Crippen LogP contribution in [0.25, 0.3) is 0 Å². The maximum atomic E-state index is 12.2. The van der Waals surface area contributed by atoms with E-state index < -0.39 is 0 Å². The number of nitrogens with zero attached hydrogens (tertiary/aromatic N) is 1. The first kappa shape index (κ1) is 19.2. The van der Waals surface area contributed by atoms with E-state index in [4.69, 9.17) is 4.74 Å². The van der Waals surface area contributed by atoms with Gasteiger partial charge in [0, 0.05) is 17.8 Å². The Morgan fingerprint density at radius 2 is 1.92 bits per heavy atom. The minimum absolute atomic E-state index is 0.0181. The van der Waals surface area contributed by atoms with E-state index in [0.29, 0.717) is 17.4 Å². The summed E-state index contributed by atoms with van der Waals surface area (Å²) < 4.78 is 5.14. The molecule has 2 atom stereocenters. The maximum Gasteiger partial charge on any atom is 0.238 e. The van der Waals surface area contributed by atoms with Crippen LogP contribution >= 0.6 is 0 Å². The molecule has 2 N–H and O–H groups in total. The van der Waals surface area contributed by atoms with Gasteiger partial charge in [-0.1, -0.05) is 25.8 Å². The molecule has 0 bridgehead atoms. The summed E-state index contributed by atoms with van der Waals surface area (Å²) in [5.74, 6) is 1.04. The summed E-state index contributed by atoms with van der Waals surface area (Å²) >= 11 is 0. The van der Waals surface area contributed by atoms with E-state index in [-0.39, 0.29) is 30.9 Å². The highest BCUT2D eigenvalue weighted by Crippen LogP contribution is 2.23. The predicted molar refractivity (Wildman–Crippen MR) is 98.7 cm³/mol. The van der Waals surface area contributed by atoms with E-state index in [2.05, 4.69) is 17.6 Å². The van der Waals surface area contributed by atoms with E-state index in [1.54, 1.807) is 31.2 Å². The third kappa shape index (κ3) is 6.38. The van der Waals surface area contributed by atoms with Crippen LogP contribution in [0.4, 0.5) is 5.69 Å². The molecule has 0 radical (unpaired) electrons. The van der Waals surface area contributed by atoms with Crippen molar-refractivity contribution in [2.24, 2.45) is 5.92 Å². The van der Waals surface area contributed by atoms with Crippen molar-refractivity contribution in [1.29, 1.82) is 0 Å². The van der Waals surface area contributed by atoms with Gasteiger partial charge in [-0.2, -0.15) is 0 Å². The summed E-state index contributed by atoms with van der Waals surface area (Å²) in [6, 6.07) is 7.46. The summed E-state index contributed by atoms with van der Waals surface area (Å²) in [5, 5.41) is 5.93. The third-order valence-corrected chi connectivity index (χ3v) is 4.64. The van der Waals surface area contributed by atoms with Gasteiger partial charge < -0.3 is 15.4 Å². The second-order valence-electron chi connectivity index (χ2n) is 6.89. The number of anilines is 1. The molecule has 25 heavy (non-hydrogen) atoms. The Hall–Kier alpha value is -2.08. The number of hydrogen-bond acceptors (Lipinski definition) is 4. The highest BCUT2D eigenvalue weighted by Gasteiger charge is 2.23. The fourth-order valence-corrected chi connectivity index (χ4v) is 3.23. The lowest BCUT2D eigenvalue weighted by atomic mass is 9.86. The minimum Gasteiger partial charge on any atom is -0.497 e. The monoisotopic (exact) mass is 347 g/mol. The van der Waals surface area contributed by atoms with Crippen LogP contribution in [0, 0.1) is 5.92 Å². The zero-order chi connectivity index (χ0) is 18.2. The van der Waals surface area contributed by atoms with Gasteiger partial charge in [-0.3, -0.25) is 14.5 Å². The maximum absolute atomic E-state index is 12.2. The summed E-state index contributed by atoms with van der Waals surface area (Å²) in [6.07, 6.45) is 4.64. The smallest absolute Gasteiger partial charge is 0.238 e. The van der Waals surface area contributed by atoms with Crippen LogP contribution in [0.3, 0.4) is 0 Å². The number of nitrogens with one attached hydrogen (secondary N) is 2. The molecule has 1 aliphatic rings. The number of ether oxygens (including phenoxy) is 1. The molecule has 0 heterocycles. The van der Waals surface area contributed by atoms with Crippen LogP contribution in [0.15, 0.2) is 24.3 Å². The summed E-state index contributed by atoms with van der Waals surface area (Å²) in [6.45, 7) is 2.56. The molecule has 138 valence electrons. The molecule has 1 aromatic carbocycles. The van der Waals surface area contributed by atoms with E-state index in [1.807, 2.05) is 12.1 Å². The quantitative estimate of drug-likeness (QED) is 0.794. The van der Waals surface area contributed by atoms with Gasteiger partial charge in [0.15, 0.2) is 0 Å². The van der Waals surface area contributed by atoms with Gasteiger partial charge in [0.25, 0.3) is 0 Å². The van der Waals surface area contributed by atoms with Crippen LogP contribution < -0.4 is 15.4 Å². The molecule has 1 saturated carbocycles. The van der Waals surface area contributed by atoms with E-state index in [1.165, 1.54) is 19.3 Å². The Labute approximate surface area is 149 Å². The largest absolute Gasteiger partial charge is 0.497 e. The van der Waals surface area contributed by atoms with Crippen LogP contribution in [-0.4, -0.2) is 50.0 Å². The van der Waals surface area contributed by atoms with Crippen molar-refractivity contribution in [2.45, 2.75) is 38.6 Å². The molecule has 0 saturated heterocycles.